The van der Waals surface area contributed by atoms with E-state index in [0.29, 0.717) is 43.6 Å². The zero-order valence-electron chi connectivity index (χ0n) is 20.4. The quantitative estimate of drug-likeness (QED) is 0.519. The number of carbonyl (C=O) groups excluding carboxylic acids is 2. The van der Waals surface area contributed by atoms with Crippen LogP contribution in [0.5, 0.6) is 0 Å². The molecule has 3 aromatic rings. The Kier molecular flexibility index (Phi) is 6.77. The maximum Gasteiger partial charge on any atom is 0.255 e. The second kappa shape index (κ2) is 10.1. The summed E-state index contributed by atoms with van der Waals surface area (Å²) >= 11 is 0. The third kappa shape index (κ3) is 5.51. The molecule has 1 aliphatic heterocycles. The summed E-state index contributed by atoms with van der Waals surface area (Å²) in [7, 11) is 0. The summed E-state index contributed by atoms with van der Waals surface area (Å²) in [4.78, 5) is 39.6. The standard InChI is InChI=1S/C28H32N4O3/c1-19(2)14-31-15-22(35-18-20-6-5-11-29-13-20)16-32(17-27(31)33)28(34)24-12-26(21-9-10-21)30-25-8-4-3-7-23(24)25/h3-8,11-13,19,21-22H,9-10,14-18H2,1-2H3/t22-/m1/s1. The van der Waals surface area contributed by atoms with Gasteiger partial charge in [-0.3, -0.25) is 19.6 Å². The van der Waals surface area contributed by atoms with Gasteiger partial charge in [-0.1, -0.05) is 38.1 Å². The Bertz CT molecular complexity index is 1210. The molecule has 1 aliphatic carbocycles. The number of hydrogen-bond acceptors (Lipinski definition) is 5. The number of rotatable bonds is 7. The summed E-state index contributed by atoms with van der Waals surface area (Å²) < 4.78 is 6.24. The first kappa shape index (κ1) is 23.4. The van der Waals surface area contributed by atoms with Crippen molar-refractivity contribution >= 4 is 22.7 Å². The van der Waals surface area contributed by atoms with E-state index in [1.165, 1.54) is 0 Å². The number of pyridine rings is 2. The molecule has 1 aromatic carbocycles. The van der Waals surface area contributed by atoms with Crippen molar-refractivity contribution in [3.63, 3.8) is 0 Å². The van der Waals surface area contributed by atoms with Crippen LogP contribution in [-0.2, 0) is 16.1 Å². The molecule has 1 atom stereocenters. The summed E-state index contributed by atoms with van der Waals surface area (Å²) in [5, 5.41) is 0.825. The van der Waals surface area contributed by atoms with Crippen LogP contribution in [0.2, 0.25) is 0 Å². The summed E-state index contributed by atoms with van der Waals surface area (Å²) in [6.07, 6.45) is 5.43. The Balaban J connectivity index is 1.43. The molecule has 7 heteroatoms. The van der Waals surface area contributed by atoms with Gasteiger partial charge in [-0.05, 0) is 42.5 Å². The third-order valence-electron chi connectivity index (χ3n) is 6.57. The molecule has 0 spiro atoms. The molecular formula is C28H32N4O3. The number of ether oxygens (including phenoxy) is 1. The lowest BCUT2D eigenvalue weighted by Gasteiger charge is -2.26. The minimum absolute atomic E-state index is 0.0414. The van der Waals surface area contributed by atoms with Gasteiger partial charge in [-0.2, -0.15) is 0 Å². The number of amides is 2. The first-order valence-electron chi connectivity index (χ1n) is 12.4. The molecule has 5 rings (SSSR count). The van der Waals surface area contributed by atoms with Crippen molar-refractivity contribution in [3.8, 4) is 0 Å². The van der Waals surface area contributed by atoms with Crippen LogP contribution in [0.3, 0.4) is 0 Å². The van der Waals surface area contributed by atoms with Gasteiger partial charge in [-0.15, -0.1) is 0 Å². The molecule has 2 fully saturated rings. The smallest absolute Gasteiger partial charge is 0.255 e. The van der Waals surface area contributed by atoms with Crippen LogP contribution < -0.4 is 0 Å². The fraction of sp³-hybridized carbons (Fsp3) is 0.429. The number of benzene rings is 1. The molecule has 1 saturated carbocycles. The van der Waals surface area contributed by atoms with Gasteiger partial charge in [0.2, 0.25) is 5.91 Å². The first-order chi connectivity index (χ1) is 17.0. The van der Waals surface area contributed by atoms with E-state index in [-0.39, 0.29) is 24.5 Å². The number of para-hydroxylation sites is 1. The van der Waals surface area contributed by atoms with Gasteiger partial charge in [-0.25, -0.2) is 0 Å². The highest BCUT2D eigenvalue weighted by Gasteiger charge is 2.33. The third-order valence-corrected chi connectivity index (χ3v) is 6.57. The van der Waals surface area contributed by atoms with Crippen LogP contribution in [0.15, 0.2) is 54.9 Å². The van der Waals surface area contributed by atoms with E-state index in [4.69, 9.17) is 9.72 Å². The van der Waals surface area contributed by atoms with Gasteiger partial charge in [0.1, 0.15) is 6.54 Å². The van der Waals surface area contributed by atoms with E-state index in [9.17, 15) is 9.59 Å². The highest BCUT2D eigenvalue weighted by Crippen LogP contribution is 2.40. The molecule has 0 radical (unpaired) electrons. The Hall–Kier alpha value is -3.32. The fourth-order valence-corrected chi connectivity index (χ4v) is 4.69. The summed E-state index contributed by atoms with van der Waals surface area (Å²) in [6.45, 7) is 6.07. The average Bonchev–Trinajstić information content (AvgIpc) is 3.71. The molecule has 35 heavy (non-hydrogen) atoms. The van der Waals surface area contributed by atoms with E-state index in [1.54, 1.807) is 17.3 Å². The molecule has 182 valence electrons. The minimum atomic E-state index is -0.291. The lowest BCUT2D eigenvalue weighted by atomic mass is 10.0. The Morgan fingerprint density at radius 2 is 1.97 bits per heavy atom. The zero-order chi connectivity index (χ0) is 24.4. The van der Waals surface area contributed by atoms with Crippen molar-refractivity contribution in [1.82, 2.24) is 19.8 Å². The molecule has 0 bridgehead atoms. The topological polar surface area (TPSA) is 75.6 Å². The zero-order valence-corrected chi connectivity index (χ0v) is 20.4. The summed E-state index contributed by atoms with van der Waals surface area (Å²) in [5.74, 6) is 0.569. The fourth-order valence-electron chi connectivity index (χ4n) is 4.69. The van der Waals surface area contributed by atoms with Gasteiger partial charge < -0.3 is 14.5 Å². The first-order valence-corrected chi connectivity index (χ1v) is 12.4. The van der Waals surface area contributed by atoms with E-state index >= 15 is 0 Å². The second-order valence-corrected chi connectivity index (χ2v) is 10.1. The monoisotopic (exact) mass is 472 g/mol. The van der Waals surface area contributed by atoms with Gasteiger partial charge in [0.05, 0.1) is 23.8 Å². The van der Waals surface area contributed by atoms with Crippen molar-refractivity contribution < 1.29 is 14.3 Å². The molecule has 2 amide bonds. The maximum absolute atomic E-state index is 13.9. The van der Waals surface area contributed by atoms with Crippen LogP contribution in [0.25, 0.3) is 10.9 Å². The van der Waals surface area contributed by atoms with Gasteiger partial charge >= 0.3 is 0 Å². The molecule has 1 saturated heterocycles. The van der Waals surface area contributed by atoms with Crippen LogP contribution in [-0.4, -0.2) is 63.9 Å². The highest BCUT2D eigenvalue weighted by atomic mass is 16.5. The molecule has 2 aromatic heterocycles. The molecule has 3 heterocycles. The number of nitrogens with zero attached hydrogens (tertiary/aromatic N) is 4. The van der Waals surface area contributed by atoms with Crippen LogP contribution in [0.4, 0.5) is 0 Å². The summed E-state index contributed by atoms with van der Waals surface area (Å²) in [5.41, 5.74) is 3.38. The number of aromatic nitrogens is 2. The second-order valence-electron chi connectivity index (χ2n) is 10.1. The van der Waals surface area contributed by atoms with Crippen molar-refractivity contribution in [3.05, 3.63) is 71.7 Å². The van der Waals surface area contributed by atoms with E-state index < -0.39 is 0 Å². The Labute approximate surface area is 206 Å². The molecular weight excluding hydrogens is 440 g/mol. The Morgan fingerprint density at radius 3 is 2.71 bits per heavy atom. The lowest BCUT2D eigenvalue weighted by molar-refractivity contribution is -0.132. The van der Waals surface area contributed by atoms with Crippen molar-refractivity contribution in [2.75, 3.05) is 26.2 Å². The molecule has 0 N–H and O–H groups in total. The van der Waals surface area contributed by atoms with Gasteiger partial charge in [0, 0.05) is 49.0 Å². The molecule has 2 aliphatic rings. The lowest BCUT2D eigenvalue weighted by Crippen LogP contribution is -2.40. The van der Waals surface area contributed by atoms with Crippen molar-refractivity contribution in [1.29, 1.82) is 0 Å². The van der Waals surface area contributed by atoms with E-state index in [1.807, 2.05) is 47.4 Å². The van der Waals surface area contributed by atoms with Crippen LogP contribution in [0, 0.1) is 5.92 Å². The average molecular weight is 473 g/mol. The number of fused-ring (bicyclic) bond motifs is 1. The van der Waals surface area contributed by atoms with E-state index in [0.717, 1.165) is 35.0 Å². The Morgan fingerprint density at radius 1 is 1.14 bits per heavy atom. The van der Waals surface area contributed by atoms with E-state index in [2.05, 4.69) is 18.8 Å². The van der Waals surface area contributed by atoms with Gasteiger partial charge in [0.15, 0.2) is 0 Å². The van der Waals surface area contributed by atoms with Crippen LogP contribution in [0.1, 0.15) is 54.2 Å². The predicted molar refractivity (Wildman–Crippen MR) is 134 cm³/mol. The number of hydrogen-bond donors (Lipinski definition) is 0. The van der Waals surface area contributed by atoms with Crippen molar-refractivity contribution in [2.24, 2.45) is 5.92 Å². The summed E-state index contributed by atoms with van der Waals surface area (Å²) in [6, 6.07) is 13.5. The maximum atomic E-state index is 13.9. The highest BCUT2D eigenvalue weighted by molar-refractivity contribution is 6.07. The van der Waals surface area contributed by atoms with Crippen LogP contribution >= 0.6 is 0 Å². The normalized spacial score (nSPS) is 18.8. The molecule has 7 nitrogen and oxygen atoms in total. The largest absolute Gasteiger partial charge is 0.370 e. The predicted octanol–water partition coefficient (Wildman–Crippen LogP) is 4.03. The minimum Gasteiger partial charge on any atom is -0.370 e. The van der Waals surface area contributed by atoms with Crippen molar-refractivity contribution in [2.45, 2.75) is 45.3 Å². The van der Waals surface area contributed by atoms with Gasteiger partial charge in [0.25, 0.3) is 5.91 Å². The SMILES string of the molecule is CC(C)CN1C[C@@H](OCc2cccnc2)CN(C(=O)c2cc(C3CC3)nc3ccccc23)CC1=O. The number of carbonyl (C=O) groups is 2. The molecule has 0 unspecified atom stereocenters.